The Morgan fingerprint density at radius 1 is 0.544 bits per heavy atom. The van der Waals surface area contributed by atoms with Gasteiger partial charge in [0.1, 0.15) is 25.4 Å². The number of amides is 4. The van der Waals surface area contributed by atoms with E-state index in [9.17, 15) is 39.0 Å². The van der Waals surface area contributed by atoms with E-state index in [1.165, 1.54) is 0 Å². The van der Waals surface area contributed by atoms with Gasteiger partial charge >= 0.3 is 11.9 Å². The number of hydrogen-bond donors (Lipinski definition) is 7. The van der Waals surface area contributed by atoms with Crippen molar-refractivity contribution in [2.45, 2.75) is 135 Å². The molecule has 0 aromatic carbocycles. The number of aliphatic hydroxyl groups excluding tert-OH is 1. The molecule has 2 unspecified atom stereocenters. The van der Waals surface area contributed by atoms with Crippen LogP contribution >= 0.6 is 0 Å². The summed E-state index contributed by atoms with van der Waals surface area (Å²) in [6.45, 7) is 4.24. The van der Waals surface area contributed by atoms with E-state index >= 15 is 0 Å². The number of unbranched alkanes of at least 4 members (excludes halogenated alkanes) is 10. The zero-order valence-electron chi connectivity index (χ0n) is 33.9. The van der Waals surface area contributed by atoms with Crippen LogP contribution in [0.2, 0.25) is 0 Å². The largest absolute Gasteiger partial charge is 0.481 e. The van der Waals surface area contributed by atoms with Crippen molar-refractivity contribution in [2.24, 2.45) is 5.92 Å². The summed E-state index contributed by atoms with van der Waals surface area (Å²) in [6, 6.07) is -1.15. The maximum absolute atomic E-state index is 12.3. The molecular weight excluding hydrogens is 748 g/mol. The van der Waals surface area contributed by atoms with E-state index in [0.29, 0.717) is 18.9 Å². The molecule has 1 aliphatic rings. The van der Waals surface area contributed by atoms with Gasteiger partial charge in [-0.1, -0.05) is 64.7 Å². The standard InChI is InChI=1S/C39H70N4O14/c1-30(37-39(52)57-37)14-12-13-19-40-34(46)28-55-26-25-54-23-21-42-35(47)29-56-27-24-53-22-20-41-32(44)18-17-31(38(50)51)43-33(45)15-10-8-6-4-2-3-5-7-9-11-16-36(48)49/h30-31,37,39,52H,2-29H2,1H3,(H,40,46)(H,41,44)(H,42,47)(H,43,45)(H,48,49)(H,50,51)/t30-,31-,37?,39?/m0/s1. The fraction of sp³-hybridized carbons (Fsp3) is 0.846. The molecule has 1 heterocycles. The highest BCUT2D eigenvalue weighted by atomic mass is 16.7. The predicted octanol–water partition coefficient (Wildman–Crippen LogP) is 2.04. The summed E-state index contributed by atoms with van der Waals surface area (Å²) in [5.41, 5.74) is 0. The van der Waals surface area contributed by atoms with Crippen LogP contribution in [0.4, 0.5) is 0 Å². The molecule has 0 aromatic rings. The first-order valence-electron chi connectivity index (χ1n) is 20.7. The van der Waals surface area contributed by atoms with Gasteiger partial charge in [-0.15, -0.1) is 0 Å². The maximum Gasteiger partial charge on any atom is 0.326 e. The number of carbonyl (C=O) groups is 6. The number of carboxylic acid groups (broad SMARTS) is 2. The van der Waals surface area contributed by atoms with Gasteiger partial charge in [-0.2, -0.15) is 0 Å². The molecule has 0 radical (unpaired) electrons. The fourth-order valence-corrected chi connectivity index (χ4v) is 5.77. The first kappa shape index (κ1) is 51.6. The molecule has 1 saturated heterocycles. The number of ether oxygens (including phenoxy) is 5. The number of carboxylic acids is 2. The Hall–Kier alpha value is -3.42. The third-order valence-corrected chi connectivity index (χ3v) is 9.16. The Morgan fingerprint density at radius 3 is 1.53 bits per heavy atom. The van der Waals surface area contributed by atoms with Gasteiger partial charge in [0.2, 0.25) is 23.6 Å². The van der Waals surface area contributed by atoms with E-state index < -0.39 is 24.3 Å². The fourth-order valence-electron chi connectivity index (χ4n) is 5.77. The van der Waals surface area contributed by atoms with E-state index in [4.69, 9.17) is 28.8 Å². The van der Waals surface area contributed by atoms with Crippen molar-refractivity contribution >= 4 is 35.6 Å². The number of aliphatic hydroxyl groups is 1. The van der Waals surface area contributed by atoms with Gasteiger partial charge in [0.25, 0.3) is 0 Å². The van der Waals surface area contributed by atoms with Crippen LogP contribution in [-0.2, 0) is 52.5 Å². The Balaban J connectivity index is 1.89. The van der Waals surface area contributed by atoms with Gasteiger partial charge in [-0.25, -0.2) is 4.79 Å². The third-order valence-electron chi connectivity index (χ3n) is 9.16. The zero-order chi connectivity index (χ0) is 41.9. The number of nitrogens with one attached hydrogen (secondary N) is 4. The smallest absolute Gasteiger partial charge is 0.326 e. The molecule has 57 heavy (non-hydrogen) atoms. The van der Waals surface area contributed by atoms with Crippen LogP contribution in [0.15, 0.2) is 0 Å². The minimum Gasteiger partial charge on any atom is -0.481 e. The Kier molecular flexibility index (Phi) is 31.3. The summed E-state index contributed by atoms with van der Waals surface area (Å²) in [5, 5.41) is 38.0. The lowest BCUT2D eigenvalue weighted by atomic mass is 10.0. The van der Waals surface area contributed by atoms with Crippen molar-refractivity contribution < 1.29 is 67.8 Å². The number of aliphatic carboxylic acids is 2. The molecule has 0 spiro atoms. The molecule has 0 bridgehead atoms. The molecule has 7 N–H and O–H groups in total. The van der Waals surface area contributed by atoms with Gasteiger partial charge in [0.15, 0.2) is 6.29 Å². The molecule has 1 aliphatic heterocycles. The van der Waals surface area contributed by atoms with Crippen LogP contribution in [0.25, 0.3) is 0 Å². The summed E-state index contributed by atoms with van der Waals surface area (Å²) in [4.78, 5) is 70.2. The summed E-state index contributed by atoms with van der Waals surface area (Å²) in [5.74, 6) is -2.85. The van der Waals surface area contributed by atoms with Crippen LogP contribution in [-0.4, -0.2) is 142 Å². The second-order valence-corrected chi connectivity index (χ2v) is 14.3. The maximum atomic E-state index is 12.3. The highest BCUT2D eigenvalue weighted by Gasteiger charge is 2.40. The molecule has 330 valence electrons. The van der Waals surface area contributed by atoms with Gasteiger partial charge in [-0.05, 0) is 38.0 Å². The average molecular weight is 819 g/mol. The van der Waals surface area contributed by atoms with E-state index in [0.717, 1.165) is 77.0 Å². The molecule has 0 saturated carbocycles. The molecular formula is C39H70N4O14. The predicted molar refractivity (Wildman–Crippen MR) is 208 cm³/mol. The van der Waals surface area contributed by atoms with Crippen molar-refractivity contribution in [1.29, 1.82) is 0 Å². The Bertz CT molecular complexity index is 1130. The summed E-state index contributed by atoms with van der Waals surface area (Å²) in [7, 11) is 0. The second-order valence-electron chi connectivity index (χ2n) is 14.3. The minimum absolute atomic E-state index is 0.0346. The number of rotatable bonds is 40. The quantitative estimate of drug-likeness (QED) is 0.0345. The summed E-state index contributed by atoms with van der Waals surface area (Å²) < 4.78 is 26.4. The normalized spacial score (nSPS) is 15.7. The highest BCUT2D eigenvalue weighted by Crippen LogP contribution is 2.30. The number of epoxide rings is 1. The lowest BCUT2D eigenvalue weighted by Gasteiger charge is -2.14. The van der Waals surface area contributed by atoms with Crippen LogP contribution in [0.5, 0.6) is 0 Å². The third kappa shape index (κ3) is 32.3. The molecule has 4 amide bonds. The lowest BCUT2D eigenvalue weighted by molar-refractivity contribution is -0.142. The van der Waals surface area contributed by atoms with Crippen LogP contribution in [0.1, 0.15) is 116 Å². The van der Waals surface area contributed by atoms with E-state index in [2.05, 4.69) is 21.3 Å². The molecule has 0 aliphatic carbocycles. The van der Waals surface area contributed by atoms with Crippen molar-refractivity contribution in [3.05, 3.63) is 0 Å². The van der Waals surface area contributed by atoms with Crippen molar-refractivity contribution in [1.82, 2.24) is 21.3 Å². The Labute approximate surface area is 337 Å². The summed E-state index contributed by atoms with van der Waals surface area (Å²) >= 11 is 0. The number of hydrogen-bond acceptors (Lipinski definition) is 12. The highest BCUT2D eigenvalue weighted by molar-refractivity contribution is 5.84. The van der Waals surface area contributed by atoms with Crippen molar-refractivity contribution in [2.75, 3.05) is 72.5 Å². The van der Waals surface area contributed by atoms with E-state index in [1.54, 1.807) is 0 Å². The van der Waals surface area contributed by atoms with E-state index in [1.807, 2.05) is 6.92 Å². The molecule has 1 rings (SSSR count). The SMILES string of the molecule is C[C@@H](CCCCNC(=O)COCCOCCNC(=O)COCCOCCNC(=O)CC[C@H](NC(=O)CCCCCCCCCCCCC(=O)O)C(=O)O)C1OC1O. The molecule has 4 atom stereocenters. The monoisotopic (exact) mass is 818 g/mol. The van der Waals surface area contributed by atoms with Gasteiger partial charge < -0.3 is 60.3 Å². The zero-order valence-corrected chi connectivity index (χ0v) is 33.9. The van der Waals surface area contributed by atoms with Crippen LogP contribution in [0, 0.1) is 5.92 Å². The molecule has 1 fully saturated rings. The van der Waals surface area contributed by atoms with E-state index in [-0.39, 0.29) is 121 Å². The van der Waals surface area contributed by atoms with Gasteiger partial charge in [0, 0.05) is 38.9 Å². The minimum atomic E-state index is -1.19. The summed E-state index contributed by atoms with van der Waals surface area (Å²) in [6.07, 6.45) is 12.0. The van der Waals surface area contributed by atoms with Crippen LogP contribution in [0.3, 0.4) is 0 Å². The second kappa shape index (κ2) is 34.6. The Morgan fingerprint density at radius 2 is 1.02 bits per heavy atom. The lowest BCUT2D eigenvalue weighted by Crippen LogP contribution is -2.41. The van der Waals surface area contributed by atoms with Gasteiger partial charge in [-0.3, -0.25) is 24.0 Å². The van der Waals surface area contributed by atoms with Crippen molar-refractivity contribution in [3.63, 3.8) is 0 Å². The van der Waals surface area contributed by atoms with Crippen LogP contribution < -0.4 is 21.3 Å². The molecule has 18 heteroatoms. The van der Waals surface area contributed by atoms with Gasteiger partial charge in [0.05, 0.1) is 39.6 Å². The number of carbonyl (C=O) groups excluding carboxylic acids is 4. The first-order valence-corrected chi connectivity index (χ1v) is 20.7. The van der Waals surface area contributed by atoms with Crippen molar-refractivity contribution in [3.8, 4) is 0 Å². The first-order chi connectivity index (χ1) is 27.5. The topological polar surface area (TPSA) is 261 Å². The molecule has 0 aromatic heterocycles. The molecule has 18 nitrogen and oxygen atoms in total. The average Bonchev–Trinajstić information content (AvgIpc) is 3.91.